The van der Waals surface area contributed by atoms with Crippen LogP contribution in [0.4, 0.5) is 5.82 Å². The Labute approximate surface area is 144 Å². The van der Waals surface area contributed by atoms with Crippen molar-refractivity contribution < 1.29 is 9.53 Å². The van der Waals surface area contributed by atoms with E-state index >= 15 is 0 Å². The normalized spacial score (nSPS) is 17.3. The van der Waals surface area contributed by atoms with Crippen molar-refractivity contribution in [1.29, 1.82) is 0 Å². The Morgan fingerprint density at radius 1 is 1.33 bits per heavy atom. The highest BCUT2D eigenvalue weighted by atomic mass is 35.5. The fourth-order valence-corrected chi connectivity index (χ4v) is 3.15. The van der Waals surface area contributed by atoms with Crippen molar-refractivity contribution in [2.24, 2.45) is 0 Å². The number of nitrogens with zero attached hydrogens (tertiary/aromatic N) is 1. The number of benzene rings is 1. The van der Waals surface area contributed by atoms with Crippen molar-refractivity contribution in [1.82, 2.24) is 9.97 Å². The molecule has 0 amide bonds. The van der Waals surface area contributed by atoms with Crippen LogP contribution < -0.4 is 5.32 Å². The van der Waals surface area contributed by atoms with Crippen LogP contribution in [0.2, 0.25) is 5.02 Å². The Kier molecular flexibility index (Phi) is 3.96. The molecule has 24 heavy (non-hydrogen) atoms. The molecule has 4 rings (SSSR count). The van der Waals surface area contributed by atoms with Crippen LogP contribution in [-0.4, -0.2) is 35.0 Å². The predicted molar refractivity (Wildman–Crippen MR) is 93.8 cm³/mol. The average molecular weight is 342 g/mol. The van der Waals surface area contributed by atoms with Gasteiger partial charge in [0.1, 0.15) is 5.82 Å². The highest BCUT2D eigenvalue weighted by Gasteiger charge is 2.21. The first-order valence-corrected chi connectivity index (χ1v) is 8.21. The summed E-state index contributed by atoms with van der Waals surface area (Å²) in [6.07, 6.45) is 4.32. The number of nitrogens with one attached hydrogen (secondary N) is 2. The SMILES string of the molecule is O=C(c1cccnc1NC1CCOC1)c1c[nH]c2cc(Cl)ccc12. The summed E-state index contributed by atoms with van der Waals surface area (Å²) in [6.45, 7) is 1.37. The standard InChI is InChI=1S/C18H16ClN3O2/c19-11-3-4-13-15(9-21-16(13)8-11)17(23)14-2-1-6-20-18(14)22-12-5-7-24-10-12/h1-4,6,8-9,12,21H,5,7,10H2,(H,20,22). The lowest BCUT2D eigenvalue weighted by Crippen LogP contribution is -2.21. The first-order valence-electron chi connectivity index (χ1n) is 7.83. The number of carbonyl (C=O) groups excluding carboxylic acids is 1. The number of rotatable bonds is 4. The van der Waals surface area contributed by atoms with Crippen molar-refractivity contribution in [3.63, 3.8) is 0 Å². The van der Waals surface area contributed by atoms with Gasteiger partial charge >= 0.3 is 0 Å². The molecule has 1 atom stereocenters. The van der Waals surface area contributed by atoms with E-state index in [4.69, 9.17) is 16.3 Å². The van der Waals surface area contributed by atoms with Crippen LogP contribution in [0.1, 0.15) is 22.3 Å². The minimum atomic E-state index is -0.0712. The fraction of sp³-hybridized carbons (Fsp3) is 0.222. The summed E-state index contributed by atoms with van der Waals surface area (Å²) < 4.78 is 5.38. The van der Waals surface area contributed by atoms with Crippen LogP contribution in [0.25, 0.3) is 10.9 Å². The van der Waals surface area contributed by atoms with Gasteiger partial charge in [0.25, 0.3) is 0 Å². The van der Waals surface area contributed by atoms with Crippen LogP contribution in [-0.2, 0) is 4.74 Å². The highest BCUT2D eigenvalue weighted by Crippen LogP contribution is 2.26. The van der Waals surface area contributed by atoms with Gasteiger partial charge in [-0.2, -0.15) is 0 Å². The highest BCUT2D eigenvalue weighted by molar-refractivity contribution is 6.31. The molecular formula is C18H16ClN3O2. The molecule has 3 heterocycles. The fourth-order valence-electron chi connectivity index (χ4n) is 2.98. The number of ketones is 1. The molecule has 1 aliphatic heterocycles. The maximum Gasteiger partial charge on any atom is 0.198 e. The number of hydrogen-bond acceptors (Lipinski definition) is 4. The number of fused-ring (bicyclic) bond motifs is 1. The Balaban J connectivity index is 1.71. The molecule has 0 bridgehead atoms. The third-order valence-corrected chi connectivity index (χ3v) is 4.45. The number of pyridine rings is 1. The van der Waals surface area contributed by atoms with E-state index in [1.54, 1.807) is 30.6 Å². The zero-order valence-corrected chi connectivity index (χ0v) is 13.6. The summed E-state index contributed by atoms with van der Waals surface area (Å²) in [5.41, 5.74) is 2.01. The average Bonchev–Trinajstić information content (AvgIpc) is 3.24. The zero-order chi connectivity index (χ0) is 16.5. The van der Waals surface area contributed by atoms with Gasteiger partial charge in [-0.3, -0.25) is 4.79 Å². The topological polar surface area (TPSA) is 67.0 Å². The summed E-state index contributed by atoms with van der Waals surface area (Å²) in [5.74, 6) is 0.527. The number of aromatic nitrogens is 2. The molecule has 1 fully saturated rings. The Bertz CT molecular complexity index is 900. The maximum absolute atomic E-state index is 13.0. The van der Waals surface area contributed by atoms with Gasteiger partial charge in [-0.25, -0.2) is 4.98 Å². The molecule has 3 aromatic rings. The van der Waals surface area contributed by atoms with Crippen molar-refractivity contribution in [3.05, 3.63) is 58.9 Å². The molecule has 2 N–H and O–H groups in total. The second-order valence-electron chi connectivity index (χ2n) is 5.83. The van der Waals surface area contributed by atoms with E-state index in [9.17, 15) is 4.79 Å². The van der Waals surface area contributed by atoms with Gasteiger partial charge in [-0.1, -0.05) is 17.7 Å². The summed E-state index contributed by atoms with van der Waals surface area (Å²) in [5, 5.41) is 4.80. The van der Waals surface area contributed by atoms with Gasteiger partial charge in [0.2, 0.25) is 0 Å². The molecule has 122 valence electrons. The molecule has 1 aromatic carbocycles. The quantitative estimate of drug-likeness (QED) is 0.711. The van der Waals surface area contributed by atoms with Gasteiger partial charge in [-0.15, -0.1) is 0 Å². The summed E-state index contributed by atoms with van der Waals surface area (Å²) in [6, 6.07) is 9.21. The first kappa shape index (κ1) is 15.2. The van der Waals surface area contributed by atoms with Crippen LogP contribution in [0.5, 0.6) is 0 Å². The number of anilines is 1. The van der Waals surface area contributed by atoms with E-state index in [1.807, 2.05) is 12.1 Å². The van der Waals surface area contributed by atoms with Crippen molar-refractivity contribution >= 4 is 34.1 Å². The molecule has 5 nitrogen and oxygen atoms in total. The van der Waals surface area contributed by atoms with Gasteiger partial charge in [0, 0.05) is 40.5 Å². The minimum absolute atomic E-state index is 0.0712. The van der Waals surface area contributed by atoms with Crippen molar-refractivity contribution in [3.8, 4) is 0 Å². The molecule has 1 unspecified atom stereocenters. The minimum Gasteiger partial charge on any atom is -0.379 e. The third-order valence-electron chi connectivity index (χ3n) is 4.21. The van der Waals surface area contributed by atoms with Crippen molar-refractivity contribution in [2.75, 3.05) is 18.5 Å². The van der Waals surface area contributed by atoms with Crippen LogP contribution >= 0.6 is 11.6 Å². The molecule has 1 saturated heterocycles. The number of hydrogen-bond donors (Lipinski definition) is 2. The number of ether oxygens (including phenoxy) is 1. The largest absolute Gasteiger partial charge is 0.379 e. The van der Waals surface area contributed by atoms with Crippen LogP contribution in [0.3, 0.4) is 0 Å². The molecule has 0 spiro atoms. The van der Waals surface area contributed by atoms with E-state index in [0.717, 1.165) is 23.9 Å². The summed E-state index contributed by atoms with van der Waals surface area (Å²) in [7, 11) is 0. The van der Waals surface area contributed by atoms with Gasteiger partial charge in [0.15, 0.2) is 5.78 Å². The van der Waals surface area contributed by atoms with Crippen LogP contribution in [0.15, 0.2) is 42.7 Å². The predicted octanol–water partition coefficient (Wildman–Crippen LogP) is 3.65. The lowest BCUT2D eigenvalue weighted by molar-refractivity contribution is 0.104. The summed E-state index contributed by atoms with van der Waals surface area (Å²) in [4.78, 5) is 20.5. The molecule has 0 radical (unpaired) electrons. The Morgan fingerprint density at radius 2 is 2.25 bits per heavy atom. The van der Waals surface area contributed by atoms with E-state index in [2.05, 4.69) is 15.3 Å². The van der Waals surface area contributed by atoms with Gasteiger partial charge in [0.05, 0.1) is 18.2 Å². The maximum atomic E-state index is 13.0. The monoisotopic (exact) mass is 341 g/mol. The molecule has 0 saturated carbocycles. The molecule has 1 aliphatic rings. The van der Waals surface area contributed by atoms with E-state index in [1.165, 1.54) is 0 Å². The van der Waals surface area contributed by atoms with Gasteiger partial charge in [-0.05, 0) is 30.7 Å². The van der Waals surface area contributed by atoms with Gasteiger partial charge < -0.3 is 15.0 Å². The Morgan fingerprint density at radius 3 is 3.08 bits per heavy atom. The number of H-pyrrole nitrogens is 1. The van der Waals surface area contributed by atoms with Crippen molar-refractivity contribution in [2.45, 2.75) is 12.5 Å². The van der Waals surface area contributed by atoms with E-state index < -0.39 is 0 Å². The molecule has 2 aromatic heterocycles. The van der Waals surface area contributed by atoms with Crippen LogP contribution in [0, 0.1) is 0 Å². The number of halogens is 1. The second-order valence-corrected chi connectivity index (χ2v) is 6.26. The molecular weight excluding hydrogens is 326 g/mol. The number of carbonyl (C=O) groups is 1. The zero-order valence-electron chi connectivity index (χ0n) is 12.9. The lowest BCUT2D eigenvalue weighted by atomic mass is 10.0. The number of aromatic amines is 1. The smallest absolute Gasteiger partial charge is 0.198 e. The third kappa shape index (κ3) is 2.77. The molecule has 6 heteroatoms. The lowest BCUT2D eigenvalue weighted by Gasteiger charge is -2.14. The molecule has 0 aliphatic carbocycles. The van der Waals surface area contributed by atoms with E-state index in [0.29, 0.717) is 28.6 Å². The Hall–Kier alpha value is -2.37. The van der Waals surface area contributed by atoms with E-state index in [-0.39, 0.29) is 11.8 Å². The summed E-state index contributed by atoms with van der Waals surface area (Å²) >= 11 is 6.01. The second kappa shape index (κ2) is 6.26. The first-order chi connectivity index (χ1) is 11.7.